The standard InChI is InChI=1S/C25H28N4O4S/c1-32-25(31)18-4-7-28(8-5-18)14-17-2-3-23-20(12-17)15-29(9-10-33-23)24(30)22-13-21(26-27-22)19-6-11-34-16-19/h2-3,6,11-13,16,18H,4-5,7-10,14-15H2,1H3,(H,26,27). The third-order valence-electron chi connectivity index (χ3n) is 6.55. The van der Waals surface area contributed by atoms with Gasteiger partial charge in [0.25, 0.3) is 5.91 Å². The number of carbonyl (C=O) groups excluding carboxylic acids is 2. The molecule has 178 valence electrons. The Morgan fingerprint density at radius 1 is 1.21 bits per heavy atom. The highest BCUT2D eigenvalue weighted by Gasteiger charge is 2.26. The summed E-state index contributed by atoms with van der Waals surface area (Å²) in [6.07, 6.45) is 1.64. The number of benzene rings is 1. The van der Waals surface area contributed by atoms with Gasteiger partial charge in [0, 0.05) is 29.6 Å². The third-order valence-corrected chi connectivity index (χ3v) is 7.23. The number of H-pyrrole nitrogens is 1. The van der Waals surface area contributed by atoms with Crippen LogP contribution >= 0.6 is 11.3 Å². The van der Waals surface area contributed by atoms with Crippen molar-refractivity contribution in [2.24, 2.45) is 5.92 Å². The molecule has 0 saturated carbocycles. The van der Waals surface area contributed by atoms with Crippen molar-refractivity contribution in [1.29, 1.82) is 0 Å². The molecule has 5 rings (SSSR count). The first-order valence-corrected chi connectivity index (χ1v) is 12.5. The first kappa shape index (κ1) is 22.6. The van der Waals surface area contributed by atoms with E-state index in [1.54, 1.807) is 11.3 Å². The molecule has 0 atom stereocenters. The molecular formula is C25H28N4O4S. The van der Waals surface area contributed by atoms with Gasteiger partial charge >= 0.3 is 5.97 Å². The molecule has 0 aliphatic carbocycles. The van der Waals surface area contributed by atoms with Gasteiger partial charge in [0.05, 0.1) is 25.3 Å². The SMILES string of the molecule is COC(=O)C1CCN(Cc2ccc3c(c2)CN(C(=O)c2cc(-c4ccsc4)n[nH]2)CCO3)CC1. The van der Waals surface area contributed by atoms with Crippen LogP contribution in [0.5, 0.6) is 5.75 Å². The molecule has 1 N–H and O–H groups in total. The minimum Gasteiger partial charge on any atom is -0.491 e. The molecule has 34 heavy (non-hydrogen) atoms. The number of fused-ring (bicyclic) bond motifs is 1. The van der Waals surface area contributed by atoms with Crippen LogP contribution in [0.4, 0.5) is 0 Å². The summed E-state index contributed by atoms with van der Waals surface area (Å²) in [5.74, 6) is 0.642. The van der Waals surface area contributed by atoms with Crippen molar-refractivity contribution in [3.8, 4) is 17.0 Å². The predicted molar refractivity (Wildman–Crippen MR) is 129 cm³/mol. The second kappa shape index (κ2) is 9.99. The number of piperidine rings is 1. The van der Waals surface area contributed by atoms with Crippen molar-refractivity contribution in [2.75, 3.05) is 33.4 Å². The molecule has 4 heterocycles. The lowest BCUT2D eigenvalue weighted by Gasteiger charge is -2.30. The van der Waals surface area contributed by atoms with Crippen molar-refractivity contribution < 1.29 is 19.1 Å². The second-order valence-electron chi connectivity index (χ2n) is 8.77. The Hall–Kier alpha value is -3.17. The topological polar surface area (TPSA) is 87.8 Å². The van der Waals surface area contributed by atoms with E-state index in [1.807, 2.05) is 33.9 Å². The van der Waals surface area contributed by atoms with Gasteiger partial charge in [-0.2, -0.15) is 16.4 Å². The number of hydrogen-bond acceptors (Lipinski definition) is 7. The zero-order chi connectivity index (χ0) is 23.5. The molecule has 2 aliphatic heterocycles. The van der Waals surface area contributed by atoms with Crippen LogP contribution in [0.25, 0.3) is 11.3 Å². The molecule has 1 saturated heterocycles. The average Bonchev–Trinajstić information content (AvgIpc) is 3.52. The molecule has 2 aromatic heterocycles. The Bertz CT molecular complexity index is 1150. The van der Waals surface area contributed by atoms with Gasteiger partial charge in [0.1, 0.15) is 18.1 Å². The Morgan fingerprint density at radius 3 is 2.82 bits per heavy atom. The molecule has 0 unspecified atom stereocenters. The summed E-state index contributed by atoms with van der Waals surface area (Å²) in [6.45, 7) is 3.98. The maximum atomic E-state index is 13.2. The van der Waals surface area contributed by atoms with E-state index in [0.29, 0.717) is 25.4 Å². The molecule has 1 aromatic carbocycles. The van der Waals surface area contributed by atoms with Gasteiger partial charge in [-0.05, 0) is 61.1 Å². The zero-order valence-electron chi connectivity index (χ0n) is 19.2. The molecule has 9 heteroatoms. The lowest BCUT2D eigenvalue weighted by Crippen LogP contribution is -2.36. The summed E-state index contributed by atoms with van der Waals surface area (Å²) >= 11 is 1.60. The Morgan fingerprint density at radius 2 is 2.06 bits per heavy atom. The highest BCUT2D eigenvalue weighted by atomic mass is 32.1. The number of esters is 1. The number of thiophene rings is 1. The molecule has 3 aromatic rings. The van der Waals surface area contributed by atoms with Crippen molar-refractivity contribution in [1.82, 2.24) is 20.0 Å². The zero-order valence-corrected chi connectivity index (χ0v) is 20.0. The minimum atomic E-state index is -0.105. The molecule has 8 nitrogen and oxygen atoms in total. The van der Waals surface area contributed by atoms with E-state index in [0.717, 1.165) is 55.0 Å². The number of aromatic amines is 1. The summed E-state index contributed by atoms with van der Waals surface area (Å²) in [6, 6.07) is 10.0. The van der Waals surface area contributed by atoms with Crippen molar-refractivity contribution >= 4 is 23.2 Å². The highest BCUT2D eigenvalue weighted by Crippen LogP contribution is 2.28. The number of nitrogens with one attached hydrogen (secondary N) is 1. The summed E-state index contributed by atoms with van der Waals surface area (Å²) in [5.41, 5.74) is 4.44. The Labute approximate surface area is 202 Å². The number of ether oxygens (including phenoxy) is 2. The third kappa shape index (κ3) is 4.85. The van der Waals surface area contributed by atoms with Gasteiger partial charge in [-0.3, -0.25) is 19.6 Å². The van der Waals surface area contributed by atoms with E-state index >= 15 is 0 Å². The largest absolute Gasteiger partial charge is 0.491 e. The number of hydrogen-bond donors (Lipinski definition) is 1. The van der Waals surface area contributed by atoms with Crippen LogP contribution in [0.3, 0.4) is 0 Å². The van der Waals surface area contributed by atoms with E-state index in [2.05, 4.69) is 27.2 Å². The minimum absolute atomic E-state index is 0.00370. The van der Waals surface area contributed by atoms with Crippen LogP contribution in [0.15, 0.2) is 41.1 Å². The van der Waals surface area contributed by atoms with Gasteiger partial charge in [-0.25, -0.2) is 0 Å². The number of aromatic nitrogens is 2. The first-order chi connectivity index (χ1) is 16.6. The normalized spacial score (nSPS) is 17.0. The van der Waals surface area contributed by atoms with Crippen molar-refractivity contribution in [3.05, 3.63) is 57.9 Å². The fourth-order valence-corrected chi connectivity index (χ4v) is 5.28. The predicted octanol–water partition coefficient (Wildman–Crippen LogP) is 3.56. The summed E-state index contributed by atoms with van der Waals surface area (Å²) < 4.78 is 10.8. The lowest BCUT2D eigenvalue weighted by atomic mass is 9.96. The number of methoxy groups -OCH3 is 1. The van der Waals surface area contributed by atoms with E-state index in [-0.39, 0.29) is 17.8 Å². The van der Waals surface area contributed by atoms with Crippen LogP contribution in [0.1, 0.15) is 34.5 Å². The molecule has 1 amide bonds. The molecule has 2 aliphatic rings. The molecule has 1 fully saturated rings. The molecule has 0 bridgehead atoms. The second-order valence-corrected chi connectivity index (χ2v) is 9.55. The molecule has 0 spiro atoms. The van der Waals surface area contributed by atoms with Gasteiger partial charge in [0.15, 0.2) is 0 Å². The molecular weight excluding hydrogens is 452 g/mol. The van der Waals surface area contributed by atoms with Gasteiger partial charge in [-0.1, -0.05) is 6.07 Å². The van der Waals surface area contributed by atoms with E-state index in [1.165, 1.54) is 12.7 Å². The van der Waals surface area contributed by atoms with Crippen LogP contribution in [0.2, 0.25) is 0 Å². The fraction of sp³-hybridized carbons (Fsp3) is 0.400. The summed E-state index contributed by atoms with van der Waals surface area (Å²) in [5, 5.41) is 11.2. The van der Waals surface area contributed by atoms with Crippen molar-refractivity contribution in [3.63, 3.8) is 0 Å². The highest BCUT2D eigenvalue weighted by molar-refractivity contribution is 7.08. The smallest absolute Gasteiger partial charge is 0.308 e. The Balaban J connectivity index is 1.25. The van der Waals surface area contributed by atoms with Crippen LogP contribution in [-0.2, 0) is 22.6 Å². The van der Waals surface area contributed by atoms with Gasteiger partial charge < -0.3 is 14.4 Å². The number of rotatable bonds is 5. The first-order valence-electron chi connectivity index (χ1n) is 11.5. The maximum Gasteiger partial charge on any atom is 0.308 e. The van der Waals surface area contributed by atoms with Crippen LogP contribution < -0.4 is 4.74 Å². The van der Waals surface area contributed by atoms with Crippen LogP contribution in [-0.4, -0.2) is 65.2 Å². The van der Waals surface area contributed by atoms with E-state index in [9.17, 15) is 9.59 Å². The molecule has 0 radical (unpaired) electrons. The maximum absolute atomic E-state index is 13.2. The Kier molecular flexibility index (Phi) is 6.64. The van der Waals surface area contributed by atoms with Gasteiger partial charge in [0.2, 0.25) is 0 Å². The monoisotopic (exact) mass is 480 g/mol. The number of amides is 1. The fourth-order valence-electron chi connectivity index (χ4n) is 4.63. The number of nitrogens with zero attached hydrogens (tertiary/aromatic N) is 3. The quantitative estimate of drug-likeness (QED) is 0.562. The average molecular weight is 481 g/mol. The number of likely N-dealkylation sites (tertiary alicyclic amines) is 1. The number of carbonyl (C=O) groups is 2. The van der Waals surface area contributed by atoms with E-state index in [4.69, 9.17) is 9.47 Å². The van der Waals surface area contributed by atoms with Gasteiger partial charge in [-0.15, -0.1) is 0 Å². The van der Waals surface area contributed by atoms with Crippen LogP contribution in [0, 0.1) is 5.92 Å². The lowest BCUT2D eigenvalue weighted by molar-refractivity contribution is -0.147. The summed E-state index contributed by atoms with van der Waals surface area (Å²) in [7, 11) is 1.45. The van der Waals surface area contributed by atoms with Crippen molar-refractivity contribution in [2.45, 2.75) is 25.9 Å². The summed E-state index contributed by atoms with van der Waals surface area (Å²) in [4.78, 5) is 29.2. The van der Waals surface area contributed by atoms with E-state index < -0.39 is 0 Å².